The molecule has 28 heavy (non-hydrogen) atoms. The van der Waals surface area contributed by atoms with Crippen molar-refractivity contribution in [3.8, 4) is 0 Å². The maximum Gasteiger partial charge on any atom is 0.405 e. The van der Waals surface area contributed by atoms with Gasteiger partial charge in [0.15, 0.2) is 0 Å². The summed E-state index contributed by atoms with van der Waals surface area (Å²) in [5.74, 6) is -1.04. The molecule has 0 heterocycles. The van der Waals surface area contributed by atoms with Gasteiger partial charge in [-0.25, -0.2) is 0 Å². The lowest BCUT2D eigenvalue weighted by molar-refractivity contribution is -0.123. The molecule has 1 aromatic carbocycles. The monoisotopic (exact) mass is 421 g/mol. The number of alkyl halides is 3. The molecule has 0 atom stereocenters. The lowest BCUT2D eigenvalue weighted by atomic mass is 9.71. The zero-order valence-electron chi connectivity index (χ0n) is 15.8. The number of hydrogen-bond donors (Lipinski definition) is 3. The standard InChI is InChI=1S/C19H26F3N3O2.ClH/c1-13-5-6-14(17(27)24-12-19(20,21)22)9-15(13)25-16(26)10-18(11-23)7-3-2-4-8-18;/h5-6,9H,2-4,7-8,10-12,23H2,1H3,(H,24,27)(H,25,26);1H. The van der Waals surface area contributed by atoms with Gasteiger partial charge in [-0.1, -0.05) is 25.3 Å². The Balaban J connectivity index is 0.00000392. The van der Waals surface area contributed by atoms with E-state index in [4.69, 9.17) is 5.73 Å². The third-order valence-corrected chi connectivity index (χ3v) is 5.11. The Morgan fingerprint density at radius 1 is 1.18 bits per heavy atom. The van der Waals surface area contributed by atoms with E-state index in [-0.39, 0.29) is 29.3 Å². The minimum Gasteiger partial charge on any atom is -0.343 e. The van der Waals surface area contributed by atoms with Gasteiger partial charge in [0.25, 0.3) is 5.91 Å². The molecule has 9 heteroatoms. The molecular weight excluding hydrogens is 395 g/mol. The van der Waals surface area contributed by atoms with Crippen molar-refractivity contribution in [1.82, 2.24) is 5.32 Å². The highest BCUT2D eigenvalue weighted by molar-refractivity contribution is 5.97. The topological polar surface area (TPSA) is 84.2 Å². The summed E-state index contributed by atoms with van der Waals surface area (Å²) in [7, 11) is 0. The summed E-state index contributed by atoms with van der Waals surface area (Å²) >= 11 is 0. The molecule has 0 saturated heterocycles. The van der Waals surface area contributed by atoms with E-state index in [1.807, 2.05) is 5.32 Å². The minimum absolute atomic E-state index is 0. The van der Waals surface area contributed by atoms with Gasteiger partial charge in [0.05, 0.1) is 0 Å². The number of anilines is 1. The number of benzene rings is 1. The van der Waals surface area contributed by atoms with E-state index < -0.39 is 18.6 Å². The Labute approximate surface area is 169 Å². The smallest absolute Gasteiger partial charge is 0.343 e. The van der Waals surface area contributed by atoms with Crippen LogP contribution in [0.2, 0.25) is 0 Å². The van der Waals surface area contributed by atoms with Crippen molar-refractivity contribution in [2.45, 2.75) is 51.6 Å². The van der Waals surface area contributed by atoms with E-state index >= 15 is 0 Å². The van der Waals surface area contributed by atoms with Crippen molar-refractivity contribution in [3.05, 3.63) is 29.3 Å². The fourth-order valence-corrected chi connectivity index (χ4v) is 3.47. The summed E-state index contributed by atoms with van der Waals surface area (Å²) < 4.78 is 36.8. The highest BCUT2D eigenvalue weighted by atomic mass is 35.5. The molecule has 0 unspecified atom stereocenters. The predicted molar refractivity (Wildman–Crippen MR) is 105 cm³/mol. The summed E-state index contributed by atoms with van der Waals surface area (Å²) in [5.41, 5.74) is 6.92. The third-order valence-electron chi connectivity index (χ3n) is 5.11. The Hall–Kier alpha value is -1.80. The quantitative estimate of drug-likeness (QED) is 0.650. The van der Waals surface area contributed by atoms with E-state index in [9.17, 15) is 22.8 Å². The number of aryl methyl sites for hydroxylation is 1. The maximum absolute atomic E-state index is 12.5. The lowest BCUT2D eigenvalue weighted by Crippen LogP contribution is -2.36. The number of halogens is 4. The molecule has 1 saturated carbocycles. The fourth-order valence-electron chi connectivity index (χ4n) is 3.47. The first-order valence-electron chi connectivity index (χ1n) is 9.10. The summed E-state index contributed by atoms with van der Waals surface area (Å²) in [5, 5.41) is 4.61. The van der Waals surface area contributed by atoms with E-state index in [2.05, 4.69) is 5.32 Å². The average Bonchev–Trinajstić information content (AvgIpc) is 2.61. The largest absolute Gasteiger partial charge is 0.405 e. The second-order valence-electron chi connectivity index (χ2n) is 7.32. The van der Waals surface area contributed by atoms with Crippen molar-refractivity contribution in [2.24, 2.45) is 11.1 Å². The first-order chi connectivity index (χ1) is 12.6. The van der Waals surface area contributed by atoms with Gasteiger partial charge in [-0.05, 0) is 49.4 Å². The van der Waals surface area contributed by atoms with Crippen LogP contribution >= 0.6 is 12.4 Å². The van der Waals surface area contributed by atoms with Gasteiger partial charge in [-0.15, -0.1) is 12.4 Å². The zero-order valence-corrected chi connectivity index (χ0v) is 16.6. The van der Waals surface area contributed by atoms with Crippen LogP contribution in [0.5, 0.6) is 0 Å². The molecular formula is C19H27ClF3N3O2. The molecule has 158 valence electrons. The average molecular weight is 422 g/mol. The van der Waals surface area contributed by atoms with Gasteiger partial charge in [0.2, 0.25) is 5.91 Å². The van der Waals surface area contributed by atoms with Gasteiger partial charge in [0.1, 0.15) is 6.54 Å². The van der Waals surface area contributed by atoms with Crippen LogP contribution in [0.4, 0.5) is 18.9 Å². The van der Waals surface area contributed by atoms with Gasteiger partial charge >= 0.3 is 6.18 Å². The van der Waals surface area contributed by atoms with Gasteiger partial charge in [-0.2, -0.15) is 13.2 Å². The molecule has 1 aliphatic carbocycles. The van der Waals surface area contributed by atoms with Crippen molar-refractivity contribution >= 4 is 29.9 Å². The van der Waals surface area contributed by atoms with Crippen molar-refractivity contribution in [3.63, 3.8) is 0 Å². The Bertz CT molecular complexity index is 689. The number of nitrogens with two attached hydrogens (primary N) is 1. The second kappa shape index (κ2) is 10.1. The molecule has 0 bridgehead atoms. The molecule has 0 aliphatic heterocycles. The highest BCUT2D eigenvalue weighted by Crippen LogP contribution is 2.38. The Kier molecular flexibility index (Phi) is 8.75. The summed E-state index contributed by atoms with van der Waals surface area (Å²) in [4.78, 5) is 24.4. The van der Waals surface area contributed by atoms with Crippen molar-refractivity contribution in [1.29, 1.82) is 0 Å². The Morgan fingerprint density at radius 2 is 1.82 bits per heavy atom. The van der Waals surface area contributed by atoms with E-state index in [1.54, 1.807) is 13.0 Å². The van der Waals surface area contributed by atoms with Crippen LogP contribution in [0.15, 0.2) is 18.2 Å². The van der Waals surface area contributed by atoms with E-state index in [1.165, 1.54) is 12.1 Å². The highest BCUT2D eigenvalue weighted by Gasteiger charge is 2.33. The van der Waals surface area contributed by atoms with Crippen LogP contribution in [0.3, 0.4) is 0 Å². The van der Waals surface area contributed by atoms with Crippen LogP contribution in [0, 0.1) is 12.3 Å². The molecule has 5 nitrogen and oxygen atoms in total. The molecule has 1 aliphatic rings. The first kappa shape index (κ1) is 24.2. The molecule has 1 fully saturated rings. The number of hydrogen-bond acceptors (Lipinski definition) is 3. The second-order valence-corrected chi connectivity index (χ2v) is 7.32. The SMILES string of the molecule is Cc1ccc(C(=O)NCC(F)(F)F)cc1NC(=O)CC1(CN)CCCCC1.Cl. The van der Waals surface area contributed by atoms with E-state index in [0.29, 0.717) is 18.7 Å². The zero-order chi connectivity index (χ0) is 20.1. The van der Waals surface area contributed by atoms with Crippen molar-refractivity contribution < 1.29 is 22.8 Å². The lowest BCUT2D eigenvalue weighted by Gasteiger charge is -2.35. The molecule has 2 amide bonds. The van der Waals surface area contributed by atoms with Crippen LogP contribution in [0.1, 0.15) is 54.4 Å². The third kappa shape index (κ3) is 6.98. The van der Waals surface area contributed by atoms with E-state index in [0.717, 1.165) is 37.7 Å². The van der Waals surface area contributed by atoms with Crippen LogP contribution < -0.4 is 16.4 Å². The maximum atomic E-state index is 12.5. The summed E-state index contributed by atoms with van der Waals surface area (Å²) in [6, 6.07) is 4.42. The minimum atomic E-state index is -4.48. The van der Waals surface area contributed by atoms with Crippen molar-refractivity contribution in [2.75, 3.05) is 18.4 Å². The number of carbonyl (C=O) groups is 2. The fraction of sp³-hybridized carbons (Fsp3) is 0.579. The van der Waals surface area contributed by atoms with Gasteiger partial charge in [-0.3, -0.25) is 9.59 Å². The molecule has 0 aromatic heterocycles. The van der Waals surface area contributed by atoms with Crippen LogP contribution in [0.25, 0.3) is 0 Å². The molecule has 0 spiro atoms. The first-order valence-corrected chi connectivity index (χ1v) is 9.10. The van der Waals surface area contributed by atoms with Crippen LogP contribution in [-0.2, 0) is 4.79 Å². The summed E-state index contributed by atoms with van der Waals surface area (Å²) in [6.45, 7) is 0.798. The molecule has 2 rings (SSSR count). The normalized spacial score (nSPS) is 16.0. The van der Waals surface area contributed by atoms with Crippen LogP contribution in [-0.4, -0.2) is 31.1 Å². The van der Waals surface area contributed by atoms with Gasteiger partial charge < -0.3 is 16.4 Å². The predicted octanol–water partition coefficient (Wildman–Crippen LogP) is 3.95. The van der Waals surface area contributed by atoms with Gasteiger partial charge in [0, 0.05) is 17.7 Å². The number of rotatable bonds is 6. The molecule has 4 N–H and O–H groups in total. The number of amides is 2. The number of carbonyl (C=O) groups excluding carboxylic acids is 2. The number of nitrogens with one attached hydrogen (secondary N) is 2. The summed E-state index contributed by atoms with van der Waals surface area (Å²) in [6.07, 6.45) is 0.904. The molecule has 0 radical (unpaired) electrons. The Morgan fingerprint density at radius 3 is 2.39 bits per heavy atom. The molecule has 1 aromatic rings.